The number of hydrogen-bond donors (Lipinski definition) is 2. The van der Waals surface area contributed by atoms with Gasteiger partial charge < -0.3 is 10.1 Å². The molecule has 0 unspecified atom stereocenters. The van der Waals surface area contributed by atoms with E-state index in [1.807, 2.05) is 36.4 Å². The smallest absolute Gasteiger partial charge is 0.309 e. The number of benzene rings is 2. The van der Waals surface area contributed by atoms with Crippen LogP contribution in [0.25, 0.3) is 0 Å². The summed E-state index contributed by atoms with van der Waals surface area (Å²) in [6.07, 6.45) is 1.55. The zero-order valence-electron chi connectivity index (χ0n) is 11.9. The molecule has 1 aromatic heterocycles. The molecule has 3 rings (SSSR count). The Kier molecular flexibility index (Phi) is 4.01. The lowest BCUT2D eigenvalue weighted by atomic mass is 9.91. The Morgan fingerprint density at radius 2 is 1.55 bits per heavy atom. The molecular weight excluding hydrogens is 276 g/mol. The van der Waals surface area contributed by atoms with E-state index < -0.39 is 5.97 Å². The fourth-order valence-corrected chi connectivity index (χ4v) is 2.58. The lowest BCUT2D eigenvalue weighted by Crippen LogP contribution is -2.06. The topological polar surface area (TPSA) is 66.0 Å². The van der Waals surface area contributed by atoms with E-state index in [-0.39, 0.29) is 12.3 Å². The van der Waals surface area contributed by atoms with Crippen LogP contribution in [-0.2, 0) is 11.2 Å². The molecule has 110 valence electrons. The Hall–Kier alpha value is -2.88. The van der Waals surface area contributed by atoms with Crippen LogP contribution >= 0.6 is 0 Å². The molecule has 0 atom stereocenters. The molecule has 0 aliphatic carbocycles. The van der Waals surface area contributed by atoms with Gasteiger partial charge in [0.2, 0.25) is 0 Å². The van der Waals surface area contributed by atoms with Crippen LogP contribution < -0.4 is 0 Å². The summed E-state index contributed by atoms with van der Waals surface area (Å²) in [5.74, 6) is -0.148. The average molecular weight is 292 g/mol. The molecule has 0 saturated carbocycles. The van der Waals surface area contributed by atoms with Crippen LogP contribution in [0.3, 0.4) is 0 Å². The third-order valence-electron chi connectivity index (χ3n) is 3.53. The van der Waals surface area contributed by atoms with Crippen molar-refractivity contribution in [3.8, 4) is 0 Å². The van der Waals surface area contributed by atoms with Crippen LogP contribution in [0.5, 0.6) is 0 Å². The second kappa shape index (κ2) is 6.26. The summed E-state index contributed by atoms with van der Waals surface area (Å²) in [6, 6.07) is 20.1. The molecule has 4 heteroatoms. The van der Waals surface area contributed by atoms with Crippen molar-refractivity contribution in [3.05, 3.63) is 89.5 Å². The molecule has 2 aromatic carbocycles. The van der Waals surface area contributed by atoms with Gasteiger partial charge in [-0.15, -0.1) is 0 Å². The average Bonchev–Trinajstić information content (AvgIpc) is 2.97. The van der Waals surface area contributed by atoms with Crippen molar-refractivity contribution < 1.29 is 9.90 Å². The van der Waals surface area contributed by atoms with Crippen molar-refractivity contribution in [3.63, 3.8) is 0 Å². The first kappa shape index (κ1) is 14.1. The molecule has 0 aliphatic rings. The number of rotatable bonds is 5. The van der Waals surface area contributed by atoms with Gasteiger partial charge in [-0.1, -0.05) is 60.7 Å². The van der Waals surface area contributed by atoms with Crippen LogP contribution in [0, 0.1) is 0 Å². The van der Waals surface area contributed by atoms with Gasteiger partial charge >= 0.3 is 5.97 Å². The molecule has 2 N–H and O–H groups in total. The van der Waals surface area contributed by atoms with Gasteiger partial charge in [0.15, 0.2) is 0 Å². The van der Waals surface area contributed by atoms with E-state index in [9.17, 15) is 4.79 Å². The minimum absolute atomic E-state index is 0.0371. The quantitative estimate of drug-likeness (QED) is 0.759. The van der Waals surface area contributed by atoms with Crippen LogP contribution in [0.2, 0.25) is 0 Å². The number of nitrogens with one attached hydrogen (secondary N) is 1. The van der Waals surface area contributed by atoms with Crippen LogP contribution in [0.1, 0.15) is 28.6 Å². The molecule has 0 bridgehead atoms. The zero-order chi connectivity index (χ0) is 15.4. The molecule has 22 heavy (non-hydrogen) atoms. The Bertz CT molecular complexity index is 712. The highest BCUT2D eigenvalue weighted by molar-refractivity contribution is 5.69. The molecular formula is C18H16N2O2. The maximum absolute atomic E-state index is 10.8. The predicted octanol–water partition coefficient (Wildman–Crippen LogP) is 3.22. The number of aliphatic carboxylic acids is 1. The van der Waals surface area contributed by atoms with E-state index in [0.717, 1.165) is 17.0 Å². The van der Waals surface area contributed by atoms with Crippen LogP contribution in [0.4, 0.5) is 0 Å². The van der Waals surface area contributed by atoms with Crippen molar-refractivity contribution >= 4 is 5.97 Å². The van der Waals surface area contributed by atoms with Crippen LogP contribution in [0.15, 0.2) is 66.9 Å². The van der Waals surface area contributed by atoms with E-state index in [2.05, 4.69) is 34.2 Å². The number of hydrogen-bond acceptors (Lipinski definition) is 2. The summed E-state index contributed by atoms with van der Waals surface area (Å²) >= 11 is 0. The number of carboxylic acid groups (broad SMARTS) is 1. The maximum atomic E-state index is 10.8. The highest BCUT2D eigenvalue weighted by Crippen LogP contribution is 2.29. The lowest BCUT2D eigenvalue weighted by molar-refractivity contribution is -0.136. The monoisotopic (exact) mass is 292 g/mol. The van der Waals surface area contributed by atoms with E-state index in [1.54, 1.807) is 6.20 Å². The van der Waals surface area contributed by atoms with Gasteiger partial charge in [0.1, 0.15) is 5.82 Å². The van der Waals surface area contributed by atoms with Gasteiger partial charge in [0.05, 0.1) is 12.3 Å². The van der Waals surface area contributed by atoms with Gasteiger partial charge in [-0.05, 0) is 11.1 Å². The molecule has 4 nitrogen and oxygen atoms in total. The number of aromatic amines is 1. The molecule has 0 spiro atoms. The summed E-state index contributed by atoms with van der Waals surface area (Å²) in [4.78, 5) is 18.4. The molecule has 0 amide bonds. The molecule has 0 radical (unpaired) electrons. The predicted molar refractivity (Wildman–Crippen MR) is 83.8 cm³/mol. The van der Waals surface area contributed by atoms with Gasteiger partial charge in [0.25, 0.3) is 0 Å². The fraction of sp³-hybridized carbons (Fsp3) is 0.111. The standard InChI is InChI=1S/C18H16N2O2/c21-16(22)11-15-12-19-18(20-15)17(13-7-3-1-4-8-13)14-9-5-2-6-10-14/h1-10,12,17H,11H2,(H,19,20)(H,21,22). The van der Waals surface area contributed by atoms with E-state index in [4.69, 9.17) is 5.11 Å². The number of carboxylic acids is 1. The van der Waals surface area contributed by atoms with Crippen molar-refractivity contribution in [1.29, 1.82) is 0 Å². The first-order valence-electron chi connectivity index (χ1n) is 7.09. The molecule has 3 aromatic rings. The Morgan fingerprint density at radius 3 is 2.05 bits per heavy atom. The van der Waals surface area contributed by atoms with Gasteiger partial charge in [-0.3, -0.25) is 4.79 Å². The lowest BCUT2D eigenvalue weighted by Gasteiger charge is -2.15. The Balaban J connectivity index is 2.02. The zero-order valence-corrected chi connectivity index (χ0v) is 11.9. The maximum Gasteiger partial charge on any atom is 0.309 e. The van der Waals surface area contributed by atoms with Crippen LogP contribution in [-0.4, -0.2) is 21.0 Å². The molecule has 0 saturated heterocycles. The van der Waals surface area contributed by atoms with Gasteiger partial charge in [-0.2, -0.15) is 0 Å². The van der Waals surface area contributed by atoms with E-state index in [0.29, 0.717) is 5.69 Å². The number of H-pyrrole nitrogens is 1. The first-order valence-corrected chi connectivity index (χ1v) is 7.09. The number of nitrogens with zero attached hydrogens (tertiary/aromatic N) is 1. The number of imidazole rings is 1. The second-order valence-corrected chi connectivity index (χ2v) is 5.12. The Labute approximate surface area is 128 Å². The summed E-state index contributed by atoms with van der Waals surface area (Å²) in [6.45, 7) is 0. The second-order valence-electron chi connectivity index (χ2n) is 5.12. The van der Waals surface area contributed by atoms with Crippen molar-refractivity contribution in [2.75, 3.05) is 0 Å². The number of carbonyl (C=O) groups is 1. The highest BCUT2D eigenvalue weighted by atomic mass is 16.4. The summed E-state index contributed by atoms with van der Waals surface area (Å²) in [5.41, 5.74) is 2.84. The van der Waals surface area contributed by atoms with E-state index in [1.165, 1.54) is 0 Å². The van der Waals surface area contributed by atoms with Gasteiger partial charge in [0, 0.05) is 11.9 Å². The molecule has 1 heterocycles. The third-order valence-corrected chi connectivity index (χ3v) is 3.53. The largest absolute Gasteiger partial charge is 0.481 e. The van der Waals surface area contributed by atoms with E-state index >= 15 is 0 Å². The number of aromatic nitrogens is 2. The normalized spacial score (nSPS) is 10.8. The SMILES string of the molecule is O=C(O)Cc1cnc(C(c2ccccc2)c2ccccc2)[nH]1. The van der Waals surface area contributed by atoms with Crippen molar-refractivity contribution in [2.24, 2.45) is 0 Å². The Morgan fingerprint density at radius 1 is 1.00 bits per heavy atom. The molecule has 0 fully saturated rings. The first-order chi connectivity index (χ1) is 10.7. The van der Waals surface area contributed by atoms with Gasteiger partial charge in [-0.25, -0.2) is 4.98 Å². The molecule has 0 aliphatic heterocycles. The third kappa shape index (κ3) is 3.06. The summed E-state index contributed by atoms with van der Waals surface area (Å²) in [7, 11) is 0. The summed E-state index contributed by atoms with van der Waals surface area (Å²) in [5, 5.41) is 8.90. The fourth-order valence-electron chi connectivity index (χ4n) is 2.58. The minimum atomic E-state index is -0.869. The van der Waals surface area contributed by atoms with Crippen molar-refractivity contribution in [1.82, 2.24) is 9.97 Å². The highest BCUT2D eigenvalue weighted by Gasteiger charge is 2.19. The summed E-state index contributed by atoms with van der Waals surface area (Å²) < 4.78 is 0. The van der Waals surface area contributed by atoms with Crippen molar-refractivity contribution in [2.45, 2.75) is 12.3 Å². The minimum Gasteiger partial charge on any atom is -0.481 e.